The highest BCUT2D eigenvalue weighted by molar-refractivity contribution is 7.89. The number of Topliss-reactive ketones (excluding diaryl/α,β-unsaturated/α-hetero) is 1. The van der Waals surface area contributed by atoms with Crippen LogP contribution >= 0.6 is 11.6 Å². The number of likely N-dealkylation sites (N-methyl/N-ethyl adjacent to an activating group) is 1. The summed E-state index contributed by atoms with van der Waals surface area (Å²) in [5.41, 5.74) is 2.15. The fraction of sp³-hybridized carbons (Fsp3) is 0.381. The maximum atomic E-state index is 14.5. The van der Waals surface area contributed by atoms with Gasteiger partial charge < -0.3 is 10.2 Å². The lowest BCUT2D eigenvalue weighted by molar-refractivity contribution is 0.0993. The summed E-state index contributed by atoms with van der Waals surface area (Å²) in [7, 11) is -1.79. The zero-order valence-corrected chi connectivity index (χ0v) is 18.5. The Morgan fingerprint density at radius 2 is 2.07 bits per heavy atom. The zero-order valence-electron chi connectivity index (χ0n) is 16.9. The van der Waals surface area contributed by atoms with Gasteiger partial charge in [-0.15, -0.1) is 0 Å². The van der Waals surface area contributed by atoms with Gasteiger partial charge in [0.05, 0.1) is 22.9 Å². The minimum absolute atomic E-state index is 0.156. The Kier molecular flexibility index (Phi) is 7.26. The molecule has 0 spiro atoms. The van der Waals surface area contributed by atoms with Crippen molar-refractivity contribution in [3.05, 3.63) is 58.4 Å². The highest BCUT2D eigenvalue weighted by Crippen LogP contribution is 2.28. The van der Waals surface area contributed by atoms with Gasteiger partial charge in [-0.3, -0.25) is 4.79 Å². The second kappa shape index (κ2) is 9.53. The van der Waals surface area contributed by atoms with Crippen LogP contribution in [-0.4, -0.2) is 64.1 Å². The largest absolute Gasteiger partial charge is 0.310 e. The summed E-state index contributed by atoms with van der Waals surface area (Å²) in [5.74, 6) is -1.69. The second-order valence-electron chi connectivity index (χ2n) is 7.63. The molecule has 0 aromatic heterocycles. The third-order valence-electron chi connectivity index (χ3n) is 5.01. The molecule has 1 aliphatic rings. The number of nitrogens with one attached hydrogen (secondary N) is 2. The molecule has 2 aromatic carbocycles. The summed E-state index contributed by atoms with van der Waals surface area (Å²) >= 11 is 6.01. The number of nitrogens with zero attached hydrogens (tertiary/aromatic N) is 1. The second-order valence-corrected chi connectivity index (χ2v) is 9.89. The van der Waals surface area contributed by atoms with Crippen molar-refractivity contribution in [1.82, 2.24) is 14.9 Å². The Balaban J connectivity index is 1.73. The standard InChI is InChI=1S/C21H25ClFN3O3S/c1-14-4-3-5-15(8-14)16-9-18(21(23)19(22)10-16)20(27)11-25-30(28,29)13-17-12-26(2)7-6-24-17/h3-5,8-10,17,24-25H,6-7,11-13H2,1-2H3. The normalized spacial score (nSPS) is 17.8. The predicted molar refractivity (Wildman–Crippen MR) is 117 cm³/mol. The minimum Gasteiger partial charge on any atom is -0.310 e. The third-order valence-corrected chi connectivity index (χ3v) is 6.71. The molecule has 1 fully saturated rings. The number of hydrogen-bond donors (Lipinski definition) is 2. The average Bonchev–Trinajstić information content (AvgIpc) is 2.68. The van der Waals surface area contributed by atoms with Crippen LogP contribution in [-0.2, 0) is 10.0 Å². The number of piperazine rings is 1. The predicted octanol–water partition coefficient (Wildman–Crippen LogP) is 2.46. The van der Waals surface area contributed by atoms with Crippen LogP contribution in [0.5, 0.6) is 0 Å². The van der Waals surface area contributed by atoms with Gasteiger partial charge in [0.15, 0.2) is 11.6 Å². The van der Waals surface area contributed by atoms with Gasteiger partial charge in [0.2, 0.25) is 10.0 Å². The van der Waals surface area contributed by atoms with Crippen LogP contribution in [0.1, 0.15) is 15.9 Å². The number of benzene rings is 2. The molecule has 6 nitrogen and oxygen atoms in total. The number of ketones is 1. The Hall–Kier alpha value is -1.84. The maximum absolute atomic E-state index is 14.5. The minimum atomic E-state index is -3.71. The van der Waals surface area contributed by atoms with E-state index in [4.69, 9.17) is 11.6 Å². The van der Waals surface area contributed by atoms with E-state index < -0.39 is 28.2 Å². The van der Waals surface area contributed by atoms with Gasteiger partial charge in [0.1, 0.15) is 0 Å². The summed E-state index contributed by atoms with van der Waals surface area (Å²) < 4.78 is 41.6. The maximum Gasteiger partial charge on any atom is 0.213 e. The summed E-state index contributed by atoms with van der Waals surface area (Å²) in [4.78, 5) is 14.6. The highest BCUT2D eigenvalue weighted by atomic mass is 35.5. The Labute approximate surface area is 181 Å². The molecule has 1 aliphatic heterocycles. The van der Waals surface area contributed by atoms with Gasteiger partial charge in [0, 0.05) is 25.7 Å². The van der Waals surface area contributed by atoms with Crippen LogP contribution < -0.4 is 10.0 Å². The van der Waals surface area contributed by atoms with Gasteiger partial charge in [-0.05, 0) is 37.2 Å². The van der Waals surface area contributed by atoms with E-state index >= 15 is 0 Å². The van der Waals surface area contributed by atoms with Crippen molar-refractivity contribution < 1.29 is 17.6 Å². The molecule has 0 radical (unpaired) electrons. The molecule has 30 heavy (non-hydrogen) atoms. The molecule has 1 saturated heterocycles. The first-order valence-electron chi connectivity index (χ1n) is 9.63. The van der Waals surface area contributed by atoms with E-state index in [2.05, 4.69) is 10.0 Å². The molecule has 0 bridgehead atoms. The van der Waals surface area contributed by atoms with E-state index in [0.717, 1.165) is 17.7 Å². The Morgan fingerprint density at radius 3 is 2.77 bits per heavy atom. The summed E-state index contributed by atoms with van der Waals surface area (Å²) in [5, 5.41) is 2.96. The lowest BCUT2D eigenvalue weighted by atomic mass is 9.99. The van der Waals surface area contributed by atoms with Crippen molar-refractivity contribution in [3.8, 4) is 11.1 Å². The van der Waals surface area contributed by atoms with Crippen molar-refractivity contribution in [1.29, 1.82) is 0 Å². The van der Waals surface area contributed by atoms with Gasteiger partial charge in [-0.25, -0.2) is 17.5 Å². The fourth-order valence-corrected chi connectivity index (χ4v) is 4.92. The third kappa shape index (κ3) is 5.86. The van der Waals surface area contributed by atoms with Gasteiger partial charge in [-0.2, -0.15) is 0 Å². The molecule has 9 heteroatoms. The smallest absolute Gasteiger partial charge is 0.213 e. The van der Waals surface area contributed by atoms with Crippen LogP contribution in [0.25, 0.3) is 11.1 Å². The van der Waals surface area contributed by atoms with Crippen LogP contribution in [0.15, 0.2) is 36.4 Å². The average molecular weight is 454 g/mol. The van der Waals surface area contributed by atoms with E-state index in [1.54, 1.807) is 0 Å². The molecule has 0 amide bonds. The number of carbonyl (C=O) groups is 1. The van der Waals surface area contributed by atoms with E-state index in [-0.39, 0.29) is 22.4 Å². The number of carbonyl (C=O) groups excluding carboxylic acids is 1. The molecule has 1 atom stereocenters. The summed E-state index contributed by atoms with van der Waals surface area (Å²) in [6.45, 7) is 3.53. The first-order valence-corrected chi connectivity index (χ1v) is 11.7. The van der Waals surface area contributed by atoms with E-state index in [0.29, 0.717) is 18.7 Å². The van der Waals surface area contributed by atoms with Crippen LogP contribution in [0.2, 0.25) is 5.02 Å². The van der Waals surface area contributed by atoms with Crippen molar-refractivity contribution >= 4 is 27.4 Å². The first-order chi connectivity index (χ1) is 14.1. The van der Waals surface area contributed by atoms with Gasteiger partial charge in [0.25, 0.3) is 0 Å². The van der Waals surface area contributed by atoms with Crippen molar-refractivity contribution in [3.63, 3.8) is 0 Å². The molecular formula is C21H25ClFN3O3S. The topological polar surface area (TPSA) is 78.5 Å². The molecule has 1 unspecified atom stereocenters. The fourth-order valence-electron chi connectivity index (χ4n) is 3.48. The van der Waals surface area contributed by atoms with E-state index in [1.807, 2.05) is 43.1 Å². The van der Waals surface area contributed by atoms with E-state index in [1.165, 1.54) is 12.1 Å². The van der Waals surface area contributed by atoms with E-state index in [9.17, 15) is 17.6 Å². The summed E-state index contributed by atoms with van der Waals surface area (Å²) in [6.07, 6.45) is 0. The zero-order chi connectivity index (χ0) is 21.9. The quantitative estimate of drug-likeness (QED) is 0.630. The van der Waals surface area contributed by atoms with Crippen molar-refractivity contribution in [2.45, 2.75) is 13.0 Å². The molecule has 0 saturated carbocycles. The molecule has 2 aromatic rings. The Morgan fingerprint density at radius 1 is 1.30 bits per heavy atom. The van der Waals surface area contributed by atoms with Gasteiger partial charge >= 0.3 is 0 Å². The number of aryl methyl sites for hydroxylation is 1. The highest BCUT2D eigenvalue weighted by Gasteiger charge is 2.24. The lowest BCUT2D eigenvalue weighted by Crippen LogP contribution is -2.53. The number of halogens is 2. The van der Waals surface area contributed by atoms with Crippen LogP contribution in [0, 0.1) is 12.7 Å². The number of hydrogen-bond acceptors (Lipinski definition) is 5. The molecule has 2 N–H and O–H groups in total. The molecular weight excluding hydrogens is 429 g/mol. The molecule has 3 rings (SSSR count). The van der Waals surface area contributed by atoms with Crippen LogP contribution in [0.4, 0.5) is 4.39 Å². The first kappa shape index (κ1) is 22.8. The molecule has 0 aliphatic carbocycles. The lowest BCUT2D eigenvalue weighted by Gasteiger charge is -2.30. The molecule has 1 heterocycles. The monoisotopic (exact) mass is 453 g/mol. The van der Waals surface area contributed by atoms with Crippen LogP contribution in [0.3, 0.4) is 0 Å². The van der Waals surface area contributed by atoms with Crippen molar-refractivity contribution in [2.24, 2.45) is 0 Å². The van der Waals surface area contributed by atoms with Gasteiger partial charge in [-0.1, -0.05) is 41.4 Å². The number of rotatable bonds is 7. The summed E-state index contributed by atoms with van der Waals surface area (Å²) in [6, 6.07) is 10.1. The Bertz CT molecular complexity index is 1050. The number of sulfonamides is 1. The van der Waals surface area contributed by atoms with Crippen molar-refractivity contribution in [2.75, 3.05) is 39.0 Å². The SMILES string of the molecule is Cc1cccc(-c2cc(Cl)c(F)c(C(=O)CNS(=O)(=O)CC3CN(C)CCN3)c2)c1. The molecule has 162 valence electrons.